The molecule has 3 N–H and O–H groups in total. The molecule has 102 valence electrons. The Hall–Kier alpha value is -1.79. The summed E-state index contributed by atoms with van der Waals surface area (Å²) < 4.78 is 4.36. The van der Waals surface area contributed by atoms with Crippen molar-refractivity contribution in [3.05, 3.63) is 0 Å². The maximum atomic E-state index is 11.6. The molecule has 3 amide bonds. The van der Waals surface area contributed by atoms with Crippen LogP contribution in [0.25, 0.3) is 0 Å². The molecular weight excluding hydrogens is 238 g/mol. The fraction of sp³-hybridized carbons (Fsp3) is 0.727. The minimum absolute atomic E-state index is 0.122. The van der Waals surface area contributed by atoms with Gasteiger partial charge in [0.1, 0.15) is 6.54 Å². The summed E-state index contributed by atoms with van der Waals surface area (Å²) in [5, 5.41) is 7.85. The smallest absolute Gasteiger partial charge is 0.407 e. The number of methoxy groups -OCH3 is 1. The quantitative estimate of drug-likeness (QED) is 0.619. The molecule has 0 atom stereocenters. The monoisotopic (exact) mass is 257 g/mol. The van der Waals surface area contributed by atoms with Crippen LogP contribution in [0.3, 0.4) is 0 Å². The summed E-state index contributed by atoms with van der Waals surface area (Å²) in [4.78, 5) is 33.3. The summed E-state index contributed by atoms with van der Waals surface area (Å²) in [6.07, 6.45) is 2.04. The van der Waals surface area contributed by atoms with Crippen molar-refractivity contribution in [3.8, 4) is 0 Å². The molecular formula is C11H19N3O4. The molecule has 0 saturated heterocycles. The standard InChI is InChI=1S/C11H19N3O4/c1-8(15)13-7-11(4-3-5-11)14-9(16)6-12-10(17)18-2/h3-7H2,1-2H3,(H,12,17)(H,13,15)(H,14,16). The molecule has 7 heteroatoms. The van der Waals surface area contributed by atoms with Gasteiger partial charge in [0.15, 0.2) is 0 Å². The Balaban J connectivity index is 2.35. The average molecular weight is 257 g/mol. The van der Waals surface area contributed by atoms with Crippen molar-refractivity contribution in [3.63, 3.8) is 0 Å². The van der Waals surface area contributed by atoms with E-state index in [0.717, 1.165) is 19.3 Å². The van der Waals surface area contributed by atoms with Crippen molar-refractivity contribution >= 4 is 17.9 Å². The minimum Gasteiger partial charge on any atom is -0.453 e. The van der Waals surface area contributed by atoms with Crippen LogP contribution in [0.15, 0.2) is 0 Å². The van der Waals surface area contributed by atoms with Crippen LogP contribution in [0.1, 0.15) is 26.2 Å². The zero-order valence-corrected chi connectivity index (χ0v) is 10.7. The molecule has 1 saturated carbocycles. The van der Waals surface area contributed by atoms with Gasteiger partial charge < -0.3 is 20.7 Å². The summed E-state index contributed by atoms with van der Waals surface area (Å²) in [7, 11) is 1.23. The van der Waals surface area contributed by atoms with Crippen LogP contribution in [0.4, 0.5) is 4.79 Å². The summed E-state index contributed by atoms with van der Waals surface area (Å²) in [5.74, 6) is -0.409. The van der Waals surface area contributed by atoms with Gasteiger partial charge in [-0.15, -0.1) is 0 Å². The molecule has 1 fully saturated rings. The van der Waals surface area contributed by atoms with Crippen molar-refractivity contribution < 1.29 is 19.1 Å². The highest BCUT2D eigenvalue weighted by molar-refractivity contribution is 5.83. The maximum absolute atomic E-state index is 11.6. The lowest BCUT2D eigenvalue weighted by atomic mass is 9.76. The molecule has 0 radical (unpaired) electrons. The first kappa shape index (κ1) is 14.3. The molecule has 0 unspecified atom stereocenters. The van der Waals surface area contributed by atoms with Crippen molar-refractivity contribution in [2.75, 3.05) is 20.2 Å². The SMILES string of the molecule is COC(=O)NCC(=O)NC1(CNC(C)=O)CCC1. The summed E-state index contributed by atoms with van der Waals surface area (Å²) in [6, 6.07) is 0. The highest BCUT2D eigenvalue weighted by Crippen LogP contribution is 2.30. The lowest BCUT2D eigenvalue weighted by molar-refractivity contribution is -0.124. The van der Waals surface area contributed by atoms with E-state index in [1.54, 1.807) is 0 Å². The van der Waals surface area contributed by atoms with Crippen LogP contribution in [-0.4, -0.2) is 43.6 Å². The topological polar surface area (TPSA) is 96.5 Å². The Morgan fingerprint density at radius 1 is 1.22 bits per heavy atom. The van der Waals surface area contributed by atoms with Crippen molar-refractivity contribution in [2.45, 2.75) is 31.7 Å². The number of carbonyl (C=O) groups is 3. The Morgan fingerprint density at radius 2 is 1.89 bits per heavy atom. The van der Waals surface area contributed by atoms with E-state index < -0.39 is 6.09 Å². The number of alkyl carbamates (subject to hydrolysis) is 1. The van der Waals surface area contributed by atoms with Gasteiger partial charge in [-0.2, -0.15) is 0 Å². The molecule has 1 aliphatic carbocycles. The second kappa shape index (κ2) is 6.23. The summed E-state index contributed by atoms with van der Waals surface area (Å²) in [6.45, 7) is 1.73. The van der Waals surface area contributed by atoms with Crippen LogP contribution in [0, 0.1) is 0 Å². The van der Waals surface area contributed by atoms with Crippen LogP contribution < -0.4 is 16.0 Å². The van der Waals surface area contributed by atoms with Gasteiger partial charge in [-0.05, 0) is 19.3 Å². The molecule has 7 nitrogen and oxygen atoms in total. The van der Waals surface area contributed by atoms with E-state index in [9.17, 15) is 14.4 Å². The number of ether oxygens (including phenoxy) is 1. The number of nitrogens with one attached hydrogen (secondary N) is 3. The van der Waals surface area contributed by atoms with E-state index in [4.69, 9.17) is 0 Å². The van der Waals surface area contributed by atoms with Gasteiger partial charge in [-0.3, -0.25) is 9.59 Å². The highest BCUT2D eigenvalue weighted by Gasteiger charge is 2.38. The first-order valence-corrected chi connectivity index (χ1v) is 5.85. The first-order valence-electron chi connectivity index (χ1n) is 5.85. The lowest BCUT2D eigenvalue weighted by Gasteiger charge is -2.42. The zero-order valence-electron chi connectivity index (χ0n) is 10.7. The minimum atomic E-state index is -0.644. The van der Waals surface area contributed by atoms with Gasteiger partial charge in [0.2, 0.25) is 11.8 Å². The Labute approximate surface area is 106 Å². The first-order chi connectivity index (χ1) is 8.47. The van der Waals surface area contributed by atoms with Crippen LogP contribution in [0.5, 0.6) is 0 Å². The molecule has 1 rings (SSSR count). The van der Waals surface area contributed by atoms with Gasteiger partial charge in [-0.1, -0.05) is 0 Å². The van der Waals surface area contributed by atoms with E-state index in [1.807, 2.05) is 0 Å². The zero-order chi connectivity index (χ0) is 13.6. The second-order valence-corrected chi connectivity index (χ2v) is 4.44. The lowest BCUT2D eigenvalue weighted by Crippen LogP contribution is -2.61. The third kappa shape index (κ3) is 4.23. The number of amides is 3. The molecule has 0 aliphatic heterocycles. The van der Waals surface area contributed by atoms with Crippen molar-refractivity contribution in [1.29, 1.82) is 0 Å². The average Bonchev–Trinajstić information content (AvgIpc) is 2.29. The number of hydrogen-bond acceptors (Lipinski definition) is 4. The molecule has 0 aromatic carbocycles. The second-order valence-electron chi connectivity index (χ2n) is 4.44. The molecule has 0 spiro atoms. The van der Waals surface area contributed by atoms with Gasteiger partial charge in [0.25, 0.3) is 0 Å². The van der Waals surface area contributed by atoms with E-state index in [-0.39, 0.29) is 23.9 Å². The van der Waals surface area contributed by atoms with E-state index >= 15 is 0 Å². The summed E-state index contributed by atoms with van der Waals surface area (Å²) in [5.41, 5.74) is -0.361. The fourth-order valence-corrected chi connectivity index (χ4v) is 1.81. The van der Waals surface area contributed by atoms with Gasteiger partial charge in [-0.25, -0.2) is 4.79 Å². The van der Waals surface area contributed by atoms with Gasteiger partial charge >= 0.3 is 6.09 Å². The van der Waals surface area contributed by atoms with E-state index in [2.05, 4.69) is 20.7 Å². The van der Waals surface area contributed by atoms with Crippen molar-refractivity contribution in [2.24, 2.45) is 0 Å². The van der Waals surface area contributed by atoms with Gasteiger partial charge in [0, 0.05) is 13.5 Å². The third-order valence-corrected chi connectivity index (χ3v) is 2.97. The largest absolute Gasteiger partial charge is 0.453 e. The molecule has 1 aliphatic rings. The fourth-order valence-electron chi connectivity index (χ4n) is 1.81. The molecule has 0 aromatic heterocycles. The number of carbonyl (C=O) groups excluding carboxylic acids is 3. The normalized spacial score (nSPS) is 16.1. The van der Waals surface area contributed by atoms with E-state index in [1.165, 1.54) is 14.0 Å². The molecule has 0 bridgehead atoms. The Kier molecular flexibility index (Phi) is 4.94. The number of hydrogen-bond donors (Lipinski definition) is 3. The van der Waals surface area contributed by atoms with Gasteiger partial charge in [0.05, 0.1) is 12.6 Å². The van der Waals surface area contributed by atoms with Crippen molar-refractivity contribution in [1.82, 2.24) is 16.0 Å². The van der Waals surface area contributed by atoms with Crippen LogP contribution in [-0.2, 0) is 14.3 Å². The molecule has 18 heavy (non-hydrogen) atoms. The maximum Gasteiger partial charge on any atom is 0.407 e. The number of rotatable bonds is 5. The summed E-state index contributed by atoms with van der Waals surface area (Å²) >= 11 is 0. The highest BCUT2D eigenvalue weighted by atomic mass is 16.5. The Morgan fingerprint density at radius 3 is 2.33 bits per heavy atom. The van der Waals surface area contributed by atoms with E-state index in [0.29, 0.717) is 6.54 Å². The molecule has 0 aromatic rings. The molecule has 0 heterocycles. The Bertz CT molecular complexity index is 339. The van der Waals surface area contributed by atoms with Crippen LogP contribution in [0.2, 0.25) is 0 Å². The predicted molar refractivity (Wildman–Crippen MR) is 63.8 cm³/mol. The third-order valence-electron chi connectivity index (χ3n) is 2.97. The van der Waals surface area contributed by atoms with Crippen LogP contribution >= 0.6 is 0 Å². The predicted octanol–water partition coefficient (Wildman–Crippen LogP) is -0.483.